The summed E-state index contributed by atoms with van der Waals surface area (Å²) in [5, 5.41) is 12.9. The van der Waals surface area contributed by atoms with E-state index in [1.807, 2.05) is 0 Å². The number of aromatic nitrogens is 2. The molecule has 0 saturated heterocycles. The summed E-state index contributed by atoms with van der Waals surface area (Å²) >= 11 is 0. The minimum Gasteiger partial charge on any atom is -0.481 e. The number of aryl methyl sites for hydroxylation is 1. The molecular formula is C11H12F2N2O2. The zero-order valence-electron chi connectivity index (χ0n) is 9.28. The molecule has 3 fully saturated rings. The number of nitrogens with zero attached hydrogens (tertiary/aromatic N) is 2. The molecule has 0 aliphatic heterocycles. The Labute approximate surface area is 96.2 Å². The quantitative estimate of drug-likeness (QED) is 0.880. The van der Waals surface area contributed by atoms with E-state index in [2.05, 4.69) is 5.10 Å². The number of carboxylic acid groups (broad SMARTS) is 1. The highest BCUT2D eigenvalue weighted by Crippen LogP contribution is 2.74. The highest BCUT2D eigenvalue weighted by atomic mass is 19.3. The van der Waals surface area contributed by atoms with Crippen molar-refractivity contribution in [3.63, 3.8) is 0 Å². The van der Waals surface area contributed by atoms with Crippen LogP contribution >= 0.6 is 0 Å². The van der Waals surface area contributed by atoms with Gasteiger partial charge in [-0.15, -0.1) is 0 Å². The fraction of sp³-hybridized carbons (Fsp3) is 0.636. The highest BCUT2D eigenvalue weighted by molar-refractivity contribution is 5.80. The second kappa shape index (κ2) is 2.86. The number of halogens is 2. The molecule has 2 bridgehead atoms. The minimum absolute atomic E-state index is 0.0498. The fourth-order valence-electron chi connectivity index (χ4n) is 3.53. The summed E-state index contributed by atoms with van der Waals surface area (Å²) in [7, 11) is 1.63. The van der Waals surface area contributed by atoms with Gasteiger partial charge in [0.15, 0.2) is 0 Å². The molecule has 0 aromatic carbocycles. The first-order valence-corrected chi connectivity index (χ1v) is 5.44. The van der Waals surface area contributed by atoms with Crippen molar-refractivity contribution in [2.75, 3.05) is 0 Å². The van der Waals surface area contributed by atoms with E-state index in [0.717, 1.165) is 0 Å². The number of rotatable bonds is 3. The highest BCUT2D eigenvalue weighted by Gasteiger charge is 2.73. The smallest absolute Gasteiger partial charge is 0.309 e. The average Bonchev–Trinajstić information content (AvgIpc) is 2.43. The molecule has 0 unspecified atom stereocenters. The second-order valence-electron chi connectivity index (χ2n) is 5.27. The van der Waals surface area contributed by atoms with Gasteiger partial charge in [-0.05, 0) is 19.3 Å². The molecule has 1 aromatic rings. The van der Waals surface area contributed by atoms with Gasteiger partial charge in [-0.25, -0.2) is 8.78 Å². The maximum absolute atomic E-state index is 12.8. The Morgan fingerprint density at radius 3 is 2.59 bits per heavy atom. The summed E-state index contributed by atoms with van der Waals surface area (Å²) in [4.78, 5) is 11.0. The van der Waals surface area contributed by atoms with Crippen LogP contribution in [0.4, 0.5) is 8.78 Å². The zero-order valence-corrected chi connectivity index (χ0v) is 9.28. The van der Waals surface area contributed by atoms with Gasteiger partial charge < -0.3 is 5.11 Å². The van der Waals surface area contributed by atoms with Crippen LogP contribution in [-0.4, -0.2) is 20.9 Å². The van der Waals surface area contributed by atoms with Gasteiger partial charge in [-0.2, -0.15) is 5.10 Å². The summed E-state index contributed by atoms with van der Waals surface area (Å²) in [5.74, 6) is -0.805. The molecule has 0 atom stereocenters. The Bertz CT molecular complexity index is 490. The van der Waals surface area contributed by atoms with Crippen molar-refractivity contribution in [3.8, 4) is 0 Å². The lowest BCUT2D eigenvalue weighted by Crippen LogP contribution is -2.68. The molecule has 1 heterocycles. The maximum Gasteiger partial charge on any atom is 0.309 e. The van der Waals surface area contributed by atoms with E-state index in [-0.39, 0.29) is 11.0 Å². The molecule has 4 nitrogen and oxygen atoms in total. The molecule has 17 heavy (non-hydrogen) atoms. The molecule has 0 spiro atoms. The largest absolute Gasteiger partial charge is 0.481 e. The molecular weight excluding hydrogens is 230 g/mol. The van der Waals surface area contributed by atoms with E-state index in [1.54, 1.807) is 7.05 Å². The second-order valence-corrected chi connectivity index (χ2v) is 5.27. The van der Waals surface area contributed by atoms with E-state index < -0.39 is 17.8 Å². The van der Waals surface area contributed by atoms with Gasteiger partial charge >= 0.3 is 5.97 Å². The fourth-order valence-corrected chi connectivity index (χ4v) is 3.53. The topological polar surface area (TPSA) is 55.1 Å². The summed E-state index contributed by atoms with van der Waals surface area (Å²) in [6.07, 6.45) is 0.0412. The van der Waals surface area contributed by atoms with Crippen molar-refractivity contribution in [2.24, 2.45) is 12.5 Å². The summed E-state index contributed by atoms with van der Waals surface area (Å²) in [6, 6.07) is 0. The van der Waals surface area contributed by atoms with Crippen LogP contribution in [0.1, 0.15) is 36.9 Å². The number of carbonyl (C=O) groups is 1. The summed E-state index contributed by atoms with van der Waals surface area (Å²) in [5.41, 5.74) is -0.541. The first-order chi connectivity index (χ1) is 7.90. The van der Waals surface area contributed by atoms with Gasteiger partial charge in [0.1, 0.15) is 0 Å². The predicted octanol–water partition coefficient (Wildman–Crippen LogP) is 1.86. The molecule has 0 radical (unpaired) electrons. The van der Waals surface area contributed by atoms with Crippen molar-refractivity contribution in [1.82, 2.24) is 9.78 Å². The lowest BCUT2D eigenvalue weighted by molar-refractivity contribution is -0.196. The van der Waals surface area contributed by atoms with E-state index in [9.17, 15) is 13.6 Å². The molecule has 3 aliphatic rings. The number of hydrogen-bond acceptors (Lipinski definition) is 2. The molecule has 3 aliphatic carbocycles. The molecule has 1 aromatic heterocycles. The lowest BCUT2D eigenvalue weighted by atomic mass is 9.34. The van der Waals surface area contributed by atoms with Gasteiger partial charge in [0, 0.05) is 12.5 Å². The van der Waals surface area contributed by atoms with Crippen molar-refractivity contribution in [3.05, 3.63) is 17.5 Å². The van der Waals surface area contributed by atoms with Crippen LogP contribution in [0.25, 0.3) is 0 Å². The third-order valence-electron chi connectivity index (χ3n) is 4.19. The Kier molecular flexibility index (Phi) is 1.80. The van der Waals surface area contributed by atoms with Crippen LogP contribution in [-0.2, 0) is 17.3 Å². The normalized spacial score (nSPS) is 34.4. The molecule has 92 valence electrons. The Hall–Kier alpha value is -1.46. The number of hydrogen-bond donors (Lipinski definition) is 1. The van der Waals surface area contributed by atoms with Crippen LogP contribution < -0.4 is 0 Å². The predicted molar refractivity (Wildman–Crippen MR) is 53.8 cm³/mol. The van der Waals surface area contributed by atoms with E-state index in [4.69, 9.17) is 5.11 Å². The van der Waals surface area contributed by atoms with E-state index in [0.29, 0.717) is 25.0 Å². The third kappa shape index (κ3) is 1.10. The first-order valence-electron chi connectivity index (χ1n) is 5.44. The van der Waals surface area contributed by atoms with Crippen molar-refractivity contribution >= 4 is 5.97 Å². The van der Waals surface area contributed by atoms with E-state index >= 15 is 0 Å². The van der Waals surface area contributed by atoms with E-state index in [1.165, 1.54) is 10.9 Å². The maximum atomic E-state index is 12.8. The standard InChI is InChI=1S/C11H12F2N2O2/c1-15-7(6(2-14-15)8(12)13)10-3-11(4-10,5-10)9(16)17/h2,8H,3-5H2,1H3,(H,16,17). The third-order valence-corrected chi connectivity index (χ3v) is 4.19. The first kappa shape index (κ1) is 10.7. The number of aliphatic carboxylic acids is 1. The Morgan fingerprint density at radius 2 is 2.12 bits per heavy atom. The van der Waals surface area contributed by atoms with Crippen molar-refractivity contribution in [2.45, 2.75) is 31.1 Å². The zero-order chi connectivity index (χ0) is 12.4. The molecule has 0 amide bonds. The molecule has 3 saturated carbocycles. The Morgan fingerprint density at radius 1 is 1.53 bits per heavy atom. The van der Waals surface area contributed by atoms with Gasteiger partial charge in [0.2, 0.25) is 0 Å². The van der Waals surface area contributed by atoms with Crippen LogP contribution in [0.3, 0.4) is 0 Å². The van der Waals surface area contributed by atoms with Crippen LogP contribution in [0.2, 0.25) is 0 Å². The SMILES string of the molecule is Cn1ncc(C(F)F)c1C12CC(C(=O)O)(C1)C2. The van der Waals surface area contributed by atoms with Crippen LogP contribution in [0.5, 0.6) is 0 Å². The van der Waals surface area contributed by atoms with Crippen molar-refractivity contribution < 1.29 is 18.7 Å². The van der Waals surface area contributed by atoms with Crippen molar-refractivity contribution in [1.29, 1.82) is 0 Å². The molecule has 6 heteroatoms. The number of carboxylic acids is 1. The molecule has 1 N–H and O–H groups in total. The van der Waals surface area contributed by atoms with Gasteiger partial charge in [0.05, 0.1) is 22.9 Å². The van der Waals surface area contributed by atoms with Crippen LogP contribution in [0, 0.1) is 5.41 Å². The average molecular weight is 242 g/mol. The Balaban J connectivity index is 1.94. The van der Waals surface area contributed by atoms with Gasteiger partial charge in [-0.3, -0.25) is 9.48 Å². The molecule has 4 rings (SSSR count). The summed E-state index contributed by atoms with van der Waals surface area (Å²) < 4.78 is 27.1. The minimum atomic E-state index is -2.55. The van der Waals surface area contributed by atoms with Gasteiger partial charge in [0.25, 0.3) is 6.43 Å². The number of alkyl halides is 2. The van der Waals surface area contributed by atoms with Crippen LogP contribution in [0.15, 0.2) is 6.20 Å². The summed E-state index contributed by atoms with van der Waals surface area (Å²) in [6.45, 7) is 0. The lowest BCUT2D eigenvalue weighted by Gasteiger charge is -2.68. The monoisotopic (exact) mass is 242 g/mol. The van der Waals surface area contributed by atoms with Gasteiger partial charge in [-0.1, -0.05) is 0 Å².